The summed E-state index contributed by atoms with van der Waals surface area (Å²) < 4.78 is 87.4. The minimum atomic E-state index is -5.09. The molecule has 8 heteroatoms. The number of rotatable bonds is 10. The van der Waals surface area contributed by atoms with Crippen LogP contribution in [0.4, 0.5) is 26.3 Å². The van der Waals surface area contributed by atoms with Crippen LogP contribution in [0.1, 0.15) is 94.6 Å². The van der Waals surface area contributed by atoms with E-state index in [0.717, 1.165) is 29.4 Å². The van der Waals surface area contributed by atoms with Gasteiger partial charge in [-0.25, -0.2) is 4.39 Å². The second kappa shape index (κ2) is 12.9. The van der Waals surface area contributed by atoms with Crippen LogP contribution in [0.3, 0.4) is 0 Å². The highest BCUT2D eigenvalue weighted by Crippen LogP contribution is 2.44. The number of halogens is 6. The van der Waals surface area contributed by atoms with Crippen LogP contribution in [-0.2, 0) is 6.42 Å². The van der Waals surface area contributed by atoms with Crippen molar-refractivity contribution < 1.29 is 35.8 Å². The van der Waals surface area contributed by atoms with E-state index in [2.05, 4.69) is 16.4 Å². The van der Waals surface area contributed by atoms with Gasteiger partial charge in [-0.05, 0) is 91.9 Å². The third-order valence-electron chi connectivity index (χ3n) is 8.58. The molecule has 39 heavy (non-hydrogen) atoms. The molecule has 0 aliphatic heterocycles. The van der Waals surface area contributed by atoms with Crippen molar-refractivity contribution in [3.63, 3.8) is 0 Å². The van der Waals surface area contributed by atoms with E-state index in [1.165, 1.54) is 69.8 Å². The van der Waals surface area contributed by atoms with Crippen molar-refractivity contribution in [1.29, 1.82) is 0 Å². The summed E-state index contributed by atoms with van der Waals surface area (Å²) in [5.41, 5.74) is 1.99. The molecule has 0 amide bonds. The molecule has 0 radical (unpaired) electrons. The molecule has 0 aromatic heterocycles. The van der Waals surface area contributed by atoms with E-state index >= 15 is 0 Å². The second-order valence-corrected chi connectivity index (χ2v) is 11.3. The Bertz CT molecular complexity index is 1040. The summed E-state index contributed by atoms with van der Waals surface area (Å²) in [6, 6.07) is 9.69. The average molecular weight is 557 g/mol. The molecule has 2 saturated carbocycles. The summed E-state index contributed by atoms with van der Waals surface area (Å²) in [7, 11) is 0. The first-order chi connectivity index (χ1) is 18.5. The first kappa shape index (κ1) is 29.6. The number of alkyl halides is 5. The zero-order chi connectivity index (χ0) is 28.0. The fourth-order valence-electron chi connectivity index (χ4n) is 6.50. The van der Waals surface area contributed by atoms with Crippen LogP contribution < -0.4 is 9.47 Å². The Kier molecular flexibility index (Phi) is 9.76. The van der Waals surface area contributed by atoms with Crippen LogP contribution in [0.2, 0.25) is 0 Å². The summed E-state index contributed by atoms with van der Waals surface area (Å²) >= 11 is 0. The highest BCUT2D eigenvalue weighted by atomic mass is 19.4. The summed E-state index contributed by atoms with van der Waals surface area (Å²) in [6.07, 6.45) is 3.78. The Hall–Kier alpha value is -2.38. The quantitative estimate of drug-likeness (QED) is 0.271. The first-order valence-corrected chi connectivity index (χ1v) is 14.2. The van der Waals surface area contributed by atoms with E-state index in [9.17, 15) is 26.3 Å². The molecule has 4 rings (SSSR count). The smallest absolute Gasteiger partial charge is 0.432 e. The number of aryl methyl sites for hydroxylation is 1. The Morgan fingerprint density at radius 3 is 1.95 bits per heavy atom. The molecule has 0 N–H and O–H groups in total. The molecule has 2 aliphatic carbocycles. The van der Waals surface area contributed by atoms with Gasteiger partial charge in [0.25, 0.3) is 0 Å². The van der Waals surface area contributed by atoms with E-state index in [1.807, 2.05) is 24.3 Å². The minimum absolute atomic E-state index is 0.0402. The van der Waals surface area contributed by atoms with Gasteiger partial charge in [-0.15, -0.1) is 13.2 Å². The van der Waals surface area contributed by atoms with Gasteiger partial charge in [0.15, 0.2) is 11.6 Å². The zero-order valence-corrected chi connectivity index (χ0v) is 22.4. The van der Waals surface area contributed by atoms with E-state index in [0.29, 0.717) is 18.1 Å². The van der Waals surface area contributed by atoms with Crippen LogP contribution in [0, 0.1) is 23.6 Å². The maximum Gasteiger partial charge on any atom is 0.573 e. The number of benzene rings is 2. The highest BCUT2D eigenvalue weighted by molar-refractivity contribution is 5.33. The average Bonchev–Trinajstić information content (AvgIpc) is 2.89. The molecule has 2 aromatic rings. The fraction of sp³-hybridized carbons (Fsp3) is 0.613. The molecule has 0 atom stereocenters. The van der Waals surface area contributed by atoms with Crippen LogP contribution in [-0.4, -0.2) is 12.5 Å². The van der Waals surface area contributed by atoms with Crippen molar-refractivity contribution in [2.45, 2.75) is 102 Å². The van der Waals surface area contributed by atoms with Gasteiger partial charge < -0.3 is 9.47 Å². The molecule has 216 valence electrons. The molecule has 0 heterocycles. The Labute approximate surface area is 227 Å². The molecule has 2 aromatic carbocycles. The molecular formula is C31H38F6O2. The molecular weight excluding hydrogens is 518 g/mol. The van der Waals surface area contributed by atoms with E-state index in [-0.39, 0.29) is 6.42 Å². The largest absolute Gasteiger partial charge is 0.573 e. The topological polar surface area (TPSA) is 18.5 Å². The van der Waals surface area contributed by atoms with E-state index in [1.54, 1.807) is 0 Å². The van der Waals surface area contributed by atoms with Gasteiger partial charge in [-0.3, -0.25) is 0 Å². The van der Waals surface area contributed by atoms with Crippen LogP contribution in [0.5, 0.6) is 11.5 Å². The Morgan fingerprint density at radius 1 is 0.769 bits per heavy atom. The van der Waals surface area contributed by atoms with Gasteiger partial charge in [-0.1, -0.05) is 56.9 Å². The maximum atomic E-state index is 14.4. The molecule has 2 nitrogen and oxygen atoms in total. The van der Waals surface area contributed by atoms with Gasteiger partial charge >= 0.3 is 12.5 Å². The molecule has 0 spiro atoms. The fourth-order valence-corrected chi connectivity index (χ4v) is 6.50. The van der Waals surface area contributed by atoms with Crippen molar-refractivity contribution in [1.82, 2.24) is 0 Å². The predicted octanol–water partition coefficient (Wildman–Crippen LogP) is 10.2. The summed E-state index contributed by atoms with van der Waals surface area (Å²) in [5, 5.41) is 0. The van der Waals surface area contributed by atoms with E-state index < -0.39 is 36.2 Å². The van der Waals surface area contributed by atoms with Gasteiger partial charge in [-0.2, -0.15) is 8.78 Å². The van der Waals surface area contributed by atoms with Gasteiger partial charge in [0.1, 0.15) is 5.75 Å². The molecule has 2 aliphatic rings. The van der Waals surface area contributed by atoms with Crippen molar-refractivity contribution >= 4 is 0 Å². The molecule has 0 unspecified atom stereocenters. The first-order valence-electron chi connectivity index (χ1n) is 14.2. The zero-order valence-electron chi connectivity index (χ0n) is 22.4. The molecule has 0 saturated heterocycles. The molecule has 2 fully saturated rings. The normalized spacial score (nSPS) is 24.4. The van der Waals surface area contributed by atoms with Gasteiger partial charge in [0, 0.05) is 6.07 Å². The lowest BCUT2D eigenvalue weighted by molar-refractivity contribution is -0.275. The molecule has 0 bridgehead atoms. The van der Waals surface area contributed by atoms with E-state index in [4.69, 9.17) is 0 Å². The summed E-state index contributed by atoms with van der Waals surface area (Å²) in [4.78, 5) is 0. The van der Waals surface area contributed by atoms with Crippen molar-refractivity contribution in [2.24, 2.45) is 17.8 Å². The Balaban J connectivity index is 1.22. The lowest BCUT2D eigenvalue weighted by atomic mass is 9.68. The van der Waals surface area contributed by atoms with Crippen LogP contribution in [0.25, 0.3) is 0 Å². The van der Waals surface area contributed by atoms with Gasteiger partial charge in [0.2, 0.25) is 0 Å². The number of hydrogen-bond donors (Lipinski definition) is 0. The minimum Gasteiger partial charge on any atom is -0.432 e. The Morgan fingerprint density at radius 2 is 1.38 bits per heavy atom. The van der Waals surface area contributed by atoms with Crippen molar-refractivity contribution in [3.05, 3.63) is 59.4 Å². The summed E-state index contributed by atoms with van der Waals surface area (Å²) in [6.45, 7) is 2.28. The van der Waals surface area contributed by atoms with Crippen LogP contribution >= 0.6 is 0 Å². The van der Waals surface area contributed by atoms with Crippen molar-refractivity contribution in [2.75, 3.05) is 0 Å². The third-order valence-corrected chi connectivity index (χ3v) is 8.58. The highest BCUT2D eigenvalue weighted by Gasteiger charge is 2.34. The number of hydrogen-bond acceptors (Lipinski definition) is 2. The summed E-state index contributed by atoms with van der Waals surface area (Å²) in [5.74, 6) is 0.0394. The SMILES string of the molecule is CCCC1CCC(C2CCC(c3ccc(CCC(F)(F)Oc4ccc(OC(F)(F)F)c(F)c4)cc3)CC2)CC1. The lowest BCUT2D eigenvalue weighted by Crippen LogP contribution is -2.25. The number of ether oxygens (including phenoxy) is 2. The maximum absolute atomic E-state index is 14.4. The second-order valence-electron chi connectivity index (χ2n) is 11.3. The monoisotopic (exact) mass is 556 g/mol. The van der Waals surface area contributed by atoms with Gasteiger partial charge in [0.05, 0.1) is 6.42 Å². The lowest BCUT2D eigenvalue weighted by Gasteiger charge is -2.38. The van der Waals surface area contributed by atoms with Crippen molar-refractivity contribution in [3.8, 4) is 11.5 Å². The standard InChI is InChI=1S/C31H38F6O2/c1-2-3-21-4-8-23(9-5-21)25-12-14-26(15-13-25)24-10-6-22(7-11-24)18-19-30(33,34)38-27-16-17-29(28(32)20-27)39-31(35,36)37/h6-7,10-11,16-17,20-21,23,25-26H,2-5,8-9,12-15,18-19H2,1H3. The predicted molar refractivity (Wildman–Crippen MR) is 138 cm³/mol. The third kappa shape index (κ3) is 8.81. The van der Waals surface area contributed by atoms with Crippen LogP contribution in [0.15, 0.2) is 42.5 Å².